The molecule has 5 aromatic rings. The zero-order chi connectivity index (χ0) is 19.3. The van der Waals surface area contributed by atoms with Crippen molar-refractivity contribution in [3.05, 3.63) is 71.9 Å². The first-order chi connectivity index (χ1) is 13.6. The van der Waals surface area contributed by atoms with E-state index in [0.29, 0.717) is 32.4 Å². The van der Waals surface area contributed by atoms with Gasteiger partial charge in [-0.15, -0.1) is 0 Å². The minimum atomic E-state index is -0.385. The fraction of sp³-hybridized carbons (Fsp3) is 0.0500. The van der Waals surface area contributed by atoms with Crippen LogP contribution >= 0.6 is 11.3 Å². The van der Waals surface area contributed by atoms with Crippen LogP contribution in [0.3, 0.4) is 0 Å². The molecular weight excluding hydrogens is 379 g/mol. The van der Waals surface area contributed by atoms with Gasteiger partial charge in [-0.25, -0.2) is 9.37 Å². The smallest absolute Gasteiger partial charge is 0.292 e. The van der Waals surface area contributed by atoms with Crippen LogP contribution in [0.2, 0.25) is 0 Å². The van der Waals surface area contributed by atoms with E-state index in [4.69, 9.17) is 4.42 Å². The van der Waals surface area contributed by atoms with Crippen LogP contribution in [-0.2, 0) is 0 Å². The molecule has 0 spiro atoms. The highest BCUT2D eigenvalue weighted by Crippen LogP contribution is 2.28. The maximum atomic E-state index is 13.5. The van der Waals surface area contributed by atoms with Crippen molar-refractivity contribution in [2.24, 2.45) is 0 Å². The molecule has 1 N–H and O–H groups in total. The van der Waals surface area contributed by atoms with Crippen LogP contribution in [0, 0.1) is 12.7 Å². The maximum absolute atomic E-state index is 13.5. The van der Waals surface area contributed by atoms with Gasteiger partial charge in [0.05, 0.1) is 15.9 Å². The number of benzene rings is 2. The highest BCUT2D eigenvalue weighted by Gasteiger charge is 2.18. The highest BCUT2D eigenvalue weighted by molar-refractivity contribution is 7.20. The standard InChI is InChI=1S/C20H13FN4O2S/c1-11-8-18(23-19(26)16-9-12-4-2-3-5-15(12)27-16)25(24-11)20-22-14-7-6-13(21)10-17(14)28-20/h2-10H,1H3,(H,23,26). The minimum absolute atomic E-state index is 0.206. The van der Waals surface area contributed by atoms with Crippen LogP contribution in [-0.4, -0.2) is 20.7 Å². The number of rotatable bonds is 3. The fourth-order valence-electron chi connectivity index (χ4n) is 2.98. The Hall–Kier alpha value is -3.52. The molecule has 0 atom stereocenters. The first-order valence-electron chi connectivity index (χ1n) is 8.50. The van der Waals surface area contributed by atoms with Crippen molar-refractivity contribution in [2.45, 2.75) is 6.92 Å². The number of hydrogen-bond acceptors (Lipinski definition) is 5. The third-order valence-electron chi connectivity index (χ3n) is 4.24. The Morgan fingerprint density at radius 2 is 2.04 bits per heavy atom. The number of para-hydroxylation sites is 1. The van der Waals surface area contributed by atoms with Crippen LogP contribution in [0.4, 0.5) is 10.2 Å². The second kappa shape index (κ2) is 6.28. The van der Waals surface area contributed by atoms with Crippen molar-refractivity contribution in [1.29, 1.82) is 0 Å². The summed E-state index contributed by atoms with van der Waals surface area (Å²) in [7, 11) is 0. The molecule has 0 radical (unpaired) electrons. The van der Waals surface area contributed by atoms with Gasteiger partial charge in [-0.2, -0.15) is 9.78 Å². The third-order valence-corrected chi connectivity index (χ3v) is 5.24. The topological polar surface area (TPSA) is 73.0 Å². The molecule has 6 nitrogen and oxygen atoms in total. The predicted octanol–water partition coefficient (Wildman–Crippen LogP) is 4.93. The molecular formula is C20H13FN4O2S. The Kier molecular flexibility index (Phi) is 3.73. The van der Waals surface area contributed by atoms with Gasteiger partial charge in [-0.1, -0.05) is 29.5 Å². The SMILES string of the molecule is Cc1cc(NC(=O)c2cc3ccccc3o2)n(-c2nc3ccc(F)cc3s2)n1. The zero-order valence-corrected chi connectivity index (χ0v) is 15.5. The molecule has 1 amide bonds. The number of carbonyl (C=O) groups is 1. The van der Waals surface area contributed by atoms with E-state index < -0.39 is 0 Å². The zero-order valence-electron chi connectivity index (χ0n) is 14.6. The van der Waals surface area contributed by atoms with Crippen molar-refractivity contribution < 1.29 is 13.6 Å². The van der Waals surface area contributed by atoms with Crippen molar-refractivity contribution >= 4 is 44.2 Å². The second-order valence-corrected chi connectivity index (χ2v) is 7.30. The van der Waals surface area contributed by atoms with Crippen molar-refractivity contribution in [1.82, 2.24) is 14.8 Å². The number of furan rings is 1. The average molecular weight is 392 g/mol. The van der Waals surface area contributed by atoms with E-state index in [1.807, 2.05) is 25.1 Å². The van der Waals surface area contributed by atoms with Crippen LogP contribution < -0.4 is 5.32 Å². The molecule has 0 unspecified atom stereocenters. The monoisotopic (exact) mass is 392 g/mol. The summed E-state index contributed by atoms with van der Waals surface area (Å²) >= 11 is 1.29. The van der Waals surface area contributed by atoms with Crippen LogP contribution in [0.25, 0.3) is 26.3 Å². The van der Waals surface area contributed by atoms with E-state index in [1.54, 1.807) is 28.9 Å². The Labute approximate surface area is 162 Å². The van der Waals surface area contributed by atoms with E-state index in [0.717, 1.165) is 5.39 Å². The Balaban J connectivity index is 1.51. The molecule has 0 aliphatic heterocycles. The van der Waals surface area contributed by atoms with Gasteiger partial charge in [-0.05, 0) is 37.3 Å². The van der Waals surface area contributed by atoms with E-state index in [9.17, 15) is 9.18 Å². The number of aryl methyl sites for hydroxylation is 1. The van der Waals surface area contributed by atoms with Gasteiger partial charge >= 0.3 is 0 Å². The van der Waals surface area contributed by atoms with Crippen molar-refractivity contribution in [3.8, 4) is 5.13 Å². The number of thiazole rings is 1. The first kappa shape index (κ1) is 16.6. The molecule has 0 saturated heterocycles. The molecule has 0 aliphatic rings. The second-order valence-electron chi connectivity index (χ2n) is 6.29. The summed E-state index contributed by atoms with van der Waals surface area (Å²) in [6.45, 7) is 1.82. The summed E-state index contributed by atoms with van der Waals surface area (Å²) in [6.07, 6.45) is 0. The quantitative estimate of drug-likeness (QED) is 0.473. The molecule has 3 heterocycles. The maximum Gasteiger partial charge on any atom is 0.292 e. The third kappa shape index (κ3) is 2.84. The lowest BCUT2D eigenvalue weighted by molar-refractivity contribution is 0.0998. The number of nitrogens with zero attached hydrogens (tertiary/aromatic N) is 3. The van der Waals surface area contributed by atoms with Crippen molar-refractivity contribution in [3.63, 3.8) is 0 Å². The summed E-state index contributed by atoms with van der Waals surface area (Å²) in [5.41, 5.74) is 2.03. The van der Waals surface area contributed by atoms with E-state index in [1.165, 1.54) is 23.5 Å². The van der Waals surface area contributed by atoms with Crippen LogP contribution in [0.5, 0.6) is 0 Å². The van der Waals surface area contributed by atoms with E-state index >= 15 is 0 Å². The van der Waals surface area contributed by atoms with Gasteiger partial charge in [0.1, 0.15) is 17.2 Å². The summed E-state index contributed by atoms with van der Waals surface area (Å²) in [5, 5.41) is 8.62. The predicted molar refractivity (Wildman–Crippen MR) is 106 cm³/mol. The Morgan fingerprint density at radius 3 is 2.89 bits per heavy atom. The normalized spacial score (nSPS) is 11.4. The van der Waals surface area contributed by atoms with E-state index in [2.05, 4.69) is 15.4 Å². The van der Waals surface area contributed by atoms with Gasteiger partial charge in [-0.3, -0.25) is 4.79 Å². The first-order valence-corrected chi connectivity index (χ1v) is 9.31. The van der Waals surface area contributed by atoms with E-state index in [-0.39, 0.29) is 17.5 Å². The van der Waals surface area contributed by atoms with Crippen molar-refractivity contribution in [2.75, 3.05) is 5.32 Å². The van der Waals surface area contributed by atoms with Gasteiger partial charge in [0.15, 0.2) is 5.76 Å². The molecule has 138 valence electrons. The van der Waals surface area contributed by atoms with Gasteiger partial charge in [0, 0.05) is 11.5 Å². The number of nitrogens with one attached hydrogen (secondary N) is 1. The number of halogens is 1. The van der Waals surface area contributed by atoms with Gasteiger partial charge < -0.3 is 9.73 Å². The molecule has 0 fully saturated rings. The number of hydrogen-bond donors (Lipinski definition) is 1. The Bertz CT molecular complexity index is 1320. The molecule has 0 saturated carbocycles. The summed E-state index contributed by atoms with van der Waals surface area (Å²) in [4.78, 5) is 17.2. The number of fused-ring (bicyclic) bond motifs is 2. The molecule has 3 aromatic heterocycles. The molecule has 8 heteroatoms. The minimum Gasteiger partial charge on any atom is -0.451 e. The Morgan fingerprint density at radius 1 is 1.18 bits per heavy atom. The number of amides is 1. The van der Waals surface area contributed by atoms with Crippen LogP contribution in [0.15, 0.2) is 59.0 Å². The average Bonchev–Trinajstić information content (AvgIpc) is 3.37. The molecule has 0 aliphatic carbocycles. The summed E-state index contributed by atoms with van der Waals surface area (Å²) in [5.74, 6) is -0.0391. The largest absolute Gasteiger partial charge is 0.451 e. The molecule has 28 heavy (non-hydrogen) atoms. The van der Waals surface area contributed by atoms with Gasteiger partial charge in [0.25, 0.3) is 5.91 Å². The lowest BCUT2D eigenvalue weighted by Crippen LogP contribution is -2.14. The molecule has 0 bridgehead atoms. The fourth-order valence-corrected chi connectivity index (χ4v) is 3.94. The van der Waals surface area contributed by atoms with Crippen LogP contribution in [0.1, 0.15) is 16.2 Å². The number of carbonyl (C=O) groups excluding carboxylic acids is 1. The number of anilines is 1. The lowest BCUT2D eigenvalue weighted by Gasteiger charge is -2.04. The lowest BCUT2D eigenvalue weighted by atomic mass is 10.2. The molecule has 2 aromatic carbocycles. The molecule has 5 rings (SSSR count). The van der Waals surface area contributed by atoms with Gasteiger partial charge in [0.2, 0.25) is 5.13 Å². The highest BCUT2D eigenvalue weighted by atomic mass is 32.1. The number of aromatic nitrogens is 3. The summed E-state index contributed by atoms with van der Waals surface area (Å²) in [6, 6.07) is 15.3. The summed E-state index contributed by atoms with van der Waals surface area (Å²) < 4.78 is 21.3.